The maximum Gasteiger partial charge on any atom is 0.272 e. The quantitative estimate of drug-likeness (QED) is 0.856. The van der Waals surface area contributed by atoms with E-state index >= 15 is 0 Å². The van der Waals surface area contributed by atoms with Gasteiger partial charge in [-0.2, -0.15) is 0 Å². The van der Waals surface area contributed by atoms with Gasteiger partial charge in [-0.1, -0.05) is 18.2 Å². The van der Waals surface area contributed by atoms with Gasteiger partial charge in [0.2, 0.25) is 0 Å². The molecule has 2 N–H and O–H groups in total. The molecule has 1 aromatic carbocycles. The molecule has 2 amide bonds. The molecule has 2 rings (SSSR count). The molecule has 5 heteroatoms. The summed E-state index contributed by atoms with van der Waals surface area (Å²) in [5.74, 6) is -0.993. The Labute approximate surface area is 104 Å². The minimum Gasteiger partial charge on any atom is -0.366 e. The summed E-state index contributed by atoms with van der Waals surface area (Å²) in [5, 5.41) is 0.779. The Balaban J connectivity index is 2.73. The van der Waals surface area contributed by atoms with Crippen molar-refractivity contribution in [3.05, 3.63) is 41.6 Å². The number of nitrogens with two attached hydrogens (primary N) is 1. The lowest BCUT2D eigenvalue weighted by Crippen LogP contribution is -2.27. The molecule has 0 fully saturated rings. The highest BCUT2D eigenvalue weighted by Gasteiger charge is 2.19. The van der Waals surface area contributed by atoms with E-state index in [1.54, 1.807) is 26.2 Å². The summed E-state index contributed by atoms with van der Waals surface area (Å²) in [4.78, 5) is 29.0. The van der Waals surface area contributed by atoms with Gasteiger partial charge in [0.1, 0.15) is 5.69 Å². The van der Waals surface area contributed by atoms with Gasteiger partial charge < -0.3 is 10.6 Å². The number of primary amides is 1. The molecule has 0 saturated carbocycles. The van der Waals surface area contributed by atoms with Crippen LogP contribution in [0.3, 0.4) is 0 Å². The van der Waals surface area contributed by atoms with E-state index in [-0.39, 0.29) is 17.2 Å². The molecule has 0 aliphatic rings. The average molecular weight is 243 g/mol. The van der Waals surface area contributed by atoms with Gasteiger partial charge in [-0.15, -0.1) is 0 Å². The molecule has 0 unspecified atom stereocenters. The monoisotopic (exact) mass is 243 g/mol. The zero-order valence-corrected chi connectivity index (χ0v) is 10.2. The Kier molecular flexibility index (Phi) is 2.97. The van der Waals surface area contributed by atoms with E-state index in [1.807, 2.05) is 18.2 Å². The van der Waals surface area contributed by atoms with Gasteiger partial charge >= 0.3 is 0 Å². The molecule has 2 aromatic rings. The third-order valence-corrected chi connectivity index (χ3v) is 2.60. The lowest BCUT2D eigenvalue weighted by Gasteiger charge is -2.12. The SMILES string of the molecule is CN(C)C(=O)c1nc2ccccc2cc1C(N)=O. The van der Waals surface area contributed by atoms with Gasteiger partial charge in [-0.05, 0) is 12.1 Å². The molecule has 18 heavy (non-hydrogen) atoms. The van der Waals surface area contributed by atoms with Crippen LogP contribution in [0, 0.1) is 0 Å². The van der Waals surface area contributed by atoms with Crippen molar-refractivity contribution in [1.82, 2.24) is 9.88 Å². The number of fused-ring (bicyclic) bond motifs is 1. The fraction of sp³-hybridized carbons (Fsp3) is 0.154. The van der Waals surface area contributed by atoms with Gasteiger partial charge in [0.05, 0.1) is 11.1 Å². The van der Waals surface area contributed by atoms with E-state index in [4.69, 9.17) is 5.73 Å². The molecule has 92 valence electrons. The molecule has 1 aromatic heterocycles. The van der Waals surface area contributed by atoms with Crippen LogP contribution in [0.1, 0.15) is 20.8 Å². The Bertz CT molecular complexity index is 635. The standard InChI is InChI=1S/C13H13N3O2/c1-16(2)13(18)11-9(12(14)17)7-8-5-3-4-6-10(8)15-11/h3-7H,1-2H3,(H2,14,17). The molecule has 0 aliphatic heterocycles. The summed E-state index contributed by atoms with van der Waals surface area (Å²) in [6.45, 7) is 0. The zero-order chi connectivity index (χ0) is 13.3. The van der Waals surface area contributed by atoms with Gasteiger partial charge in [0.25, 0.3) is 11.8 Å². The minimum atomic E-state index is -0.654. The van der Waals surface area contributed by atoms with E-state index in [2.05, 4.69) is 4.98 Å². The van der Waals surface area contributed by atoms with Gasteiger partial charge in [0, 0.05) is 19.5 Å². The first-order valence-corrected chi connectivity index (χ1v) is 5.42. The molecule has 0 saturated heterocycles. The van der Waals surface area contributed by atoms with Crippen molar-refractivity contribution >= 4 is 22.7 Å². The molecule has 0 spiro atoms. The number of benzene rings is 1. The first kappa shape index (κ1) is 12.0. The summed E-state index contributed by atoms with van der Waals surface area (Å²) < 4.78 is 0. The van der Waals surface area contributed by atoms with Gasteiger partial charge in [0.15, 0.2) is 0 Å². The molecule has 1 heterocycles. The fourth-order valence-electron chi connectivity index (χ4n) is 1.68. The van der Waals surface area contributed by atoms with Gasteiger partial charge in [-0.3, -0.25) is 9.59 Å². The Hall–Kier alpha value is -2.43. The molecular weight excluding hydrogens is 230 g/mol. The van der Waals surface area contributed by atoms with Crippen molar-refractivity contribution in [2.45, 2.75) is 0 Å². The summed E-state index contributed by atoms with van der Waals surface area (Å²) in [5.41, 5.74) is 6.19. The third-order valence-electron chi connectivity index (χ3n) is 2.60. The summed E-state index contributed by atoms with van der Waals surface area (Å²) >= 11 is 0. The van der Waals surface area contributed by atoms with Gasteiger partial charge in [-0.25, -0.2) is 4.98 Å². The van der Waals surface area contributed by atoms with E-state index < -0.39 is 5.91 Å². The smallest absolute Gasteiger partial charge is 0.272 e. The average Bonchev–Trinajstić information content (AvgIpc) is 2.36. The number of hydrogen-bond acceptors (Lipinski definition) is 3. The highest BCUT2D eigenvalue weighted by Crippen LogP contribution is 2.17. The number of carbonyl (C=O) groups excluding carboxylic acids is 2. The predicted octanol–water partition coefficient (Wildman–Crippen LogP) is 1.04. The van der Waals surface area contributed by atoms with Crippen molar-refractivity contribution in [1.29, 1.82) is 0 Å². The number of aromatic nitrogens is 1. The fourth-order valence-corrected chi connectivity index (χ4v) is 1.68. The van der Waals surface area contributed by atoms with Crippen LogP contribution in [0.5, 0.6) is 0 Å². The molecule has 0 atom stereocenters. The lowest BCUT2D eigenvalue weighted by atomic mass is 10.1. The van der Waals surface area contributed by atoms with E-state index in [0.717, 1.165) is 5.39 Å². The van der Waals surface area contributed by atoms with Crippen LogP contribution in [-0.4, -0.2) is 35.8 Å². The van der Waals surface area contributed by atoms with Crippen LogP contribution >= 0.6 is 0 Å². The van der Waals surface area contributed by atoms with Crippen molar-refractivity contribution in [2.75, 3.05) is 14.1 Å². The van der Waals surface area contributed by atoms with Crippen molar-refractivity contribution in [3.8, 4) is 0 Å². The van der Waals surface area contributed by atoms with Crippen LogP contribution in [0.2, 0.25) is 0 Å². The van der Waals surface area contributed by atoms with E-state index in [1.165, 1.54) is 4.90 Å². The number of amides is 2. The molecule has 5 nitrogen and oxygen atoms in total. The number of hydrogen-bond donors (Lipinski definition) is 1. The van der Waals surface area contributed by atoms with Crippen molar-refractivity contribution < 1.29 is 9.59 Å². The highest BCUT2D eigenvalue weighted by molar-refractivity contribution is 6.07. The van der Waals surface area contributed by atoms with E-state index in [0.29, 0.717) is 5.52 Å². The Morgan fingerprint density at radius 2 is 1.89 bits per heavy atom. The number of rotatable bonds is 2. The summed E-state index contributed by atoms with van der Waals surface area (Å²) in [6.07, 6.45) is 0. The molecular formula is C13H13N3O2. The second kappa shape index (κ2) is 4.44. The number of para-hydroxylation sites is 1. The molecule has 0 radical (unpaired) electrons. The maximum absolute atomic E-state index is 12.0. The summed E-state index contributed by atoms with van der Waals surface area (Å²) in [7, 11) is 3.20. The van der Waals surface area contributed by atoms with Crippen LogP contribution in [0.4, 0.5) is 0 Å². The second-order valence-electron chi connectivity index (χ2n) is 4.14. The summed E-state index contributed by atoms with van der Waals surface area (Å²) in [6, 6.07) is 8.86. The van der Waals surface area contributed by atoms with Crippen molar-refractivity contribution in [2.24, 2.45) is 5.73 Å². The molecule has 0 bridgehead atoms. The van der Waals surface area contributed by atoms with E-state index in [9.17, 15) is 9.59 Å². The number of pyridine rings is 1. The minimum absolute atomic E-state index is 0.0891. The Morgan fingerprint density at radius 3 is 2.50 bits per heavy atom. The zero-order valence-electron chi connectivity index (χ0n) is 10.2. The topological polar surface area (TPSA) is 76.3 Å². The normalized spacial score (nSPS) is 10.3. The van der Waals surface area contributed by atoms with Crippen LogP contribution in [0.25, 0.3) is 10.9 Å². The number of nitrogens with zero attached hydrogens (tertiary/aromatic N) is 2. The van der Waals surface area contributed by atoms with Crippen LogP contribution in [-0.2, 0) is 0 Å². The first-order chi connectivity index (χ1) is 8.50. The Morgan fingerprint density at radius 1 is 1.22 bits per heavy atom. The molecule has 0 aliphatic carbocycles. The van der Waals surface area contributed by atoms with Crippen molar-refractivity contribution in [3.63, 3.8) is 0 Å². The second-order valence-corrected chi connectivity index (χ2v) is 4.14. The number of carbonyl (C=O) groups is 2. The van der Waals surface area contributed by atoms with Crippen LogP contribution in [0.15, 0.2) is 30.3 Å². The predicted molar refractivity (Wildman–Crippen MR) is 68.3 cm³/mol. The first-order valence-electron chi connectivity index (χ1n) is 5.42. The highest BCUT2D eigenvalue weighted by atomic mass is 16.2. The lowest BCUT2D eigenvalue weighted by molar-refractivity contribution is 0.0815. The largest absolute Gasteiger partial charge is 0.366 e. The van der Waals surface area contributed by atoms with Crippen LogP contribution < -0.4 is 5.73 Å². The third kappa shape index (κ3) is 2.02. The maximum atomic E-state index is 12.0.